The van der Waals surface area contributed by atoms with Gasteiger partial charge in [0.15, 0.2) is 11.7 Å². The first kappa shape index (κ1) is 17.2. The fraction of sp³-hybridized carbons (Fsp3) is 0.444. The largest absolute Gasteiger partial charge is 0.440 e. The molecule has 1 unspecified atom stereocenters. The maximum atomic E-state index is 12.3. The molecule has 0 spiro atoms. The van der Waals surface area contributed by atoms with Crippen molar-refractivity contribution in [1.82, 2.24) is 15.2 Å². The van der Waals surface area contributed by atoms with Crippen LogP contribution in [0.3, 0.4) is 0 Å². The van der Waals surface area contributed by atoms with Gasteiger partial charge in [0.05, 0.1) is 5.69 Å². The Labute approximate surface area is 150 Å². The van der Waals surface area contributed by atoms with E-state index < -0.39 is 0 Å². The van der Waals surface area contributed by atoms with Crippen LogP contribution < -0.4 is 5.32 Å². The molecule has 1 amide bonds. The van der Waals surface area contributed by atoms with E-state index in [0.29, 0.717) is 24.8 Å². The summed E-state index contributed by atoms with van der Waals surface area (Å²) in [5.41, 5.74) is 1.85. The first-order valence-electron chi connectivity index (χ1n) is 8.26. The Kier molecular flexibility index (Phi) is 5.36. The first-order valence-corrected chi connectivity index (χ1v) is 9.05. The molecule has 0 radical (unpaired) electrons. The van der Waals surface area contributed by atoms with E-state index in [1.54, 1.807) is 0 Å². The lowest BCUT2D eigenvalue weighted by atomic mass is 10.1. The Balaban J connectivity index is 1.63. The molecule has 1 aliphatic heterocycles. The minimum absolute atomic E-state index is 0.171. The van der Waals surface area contributed by atoms with Gasteiger partial charge in [-0.1, -0.05) is 28.1 Å². The highest BCUT2D eigenvalue weighted by Crippen LogP contribution is 2.26. The summed E-state index contributed by atoms with van der Waals surface area (Å²) in [6.45, 7) is 6.44. The van der Waals surface area contributed by atoms with Crippen molar-refractivity contribution in [2.45, 2.75) is 32.7 Å². The smallest absolute Gasteiger partial charge is 0.223 e. The number of benzene rings is 1. The van der Waals surface area contributed by atoms with Gasteiger partial charge in [-0.05, 0) is 26.0 Å². The fourth-order valence-electron chi connectivity index (χ4n) is 2.96. The van der Waals surface area contributed by atoms with E-state index in [1.807, 2.05) is 36.1 Å². The predicted molar refractivity (Wildman–Crippen MR) is 96.7 cm³/mol. The van der Waals surface area contributed by atoms with Crippen molar-refractivity contribution in [3.63, 3.8) is 0 Å². The number of aromatic nitrogens is 1. The summed E-state index contributed by atoms with van der Waals surface area (Å²) in [7, 11) is 0. The summed E-state index contributed by atoms with van der Waals surface area (Å²) in [4.78, 5) is 18.7. The van der Waals surface area contributed by atoms with Gasteiger partial charge in [-0.2, -0.15) is 0 Å². The molecule has 1 N–H and O–H groups in total. The number of halogens is 1. The average molecular weight is 392 g/mol. The average Bonchev–Trinajstić information content (AvgIpc) is 2.94. The molecular formula is C18H22BrN3O2. The quantitative estimate of drug-likeness (QED) is 0.869. The third-order valence-electron chi connectivity index (χ3n) is 4.22. The number of amides is 1. The molecule has 24 heavy (non-hydrogen) atoms. The van der Waals surface area contributed by atoms with Gasteiger partial charge >= 0.3 is 0 Å². The van der Waals surface area contributed by atoms with Gasteiger partial charge in [0.1, 0.15) is 0 Å². The Morgan fingerprint density at radius 1 is 1.42 bits per heavy atom. The Morgan fingerprint density at radius 3 is 2.88 bits per heavy atom. The zero-order chi connectivity index (χ0) is 17.1. The number of carbonyl (C=O) groups is 1. The van der Waals surface area contributed by atoms with Crippen molar-refractivity contribution < 1.29 is 9.21 Å². The lowest BCUT2D eigenvalue weighted by molar-refractivity contribution is -0.132. The van der Waals surface area contributed by atoms with Crippen molar-refractivity contribution in [2.75, 3.05) is 19.6 Å². The number of rotatable bonds is 4. The van der Waals surface area contributed by atoms with Crippen molar-refractivity contribution in [3.8, 4) is 11.3 Å². The van der Waals surface area contributed by atoms with Crippen LogP contribution in [0.1, 0.15) is 24.9 Å². The zero-order valence-corrected chi connectivity index (χ0v) is 15.6. The maximum absolute atomic E-state index is 12.3. The fourth-order valence-corrected chi connectivity index (χ4v) is 3.22. The van der Waals surface area contributed by atoms with Crippen LogP contribution in [0.4, 0.5) is 0 Å². The second-order valence-corrected chi connectivity index (χ2v) is 7.14. The highest BCUT2D eigenvalue weighted by molar-refractivity contribution is 9.10. The number of hydrogen-bond acceptors (Lipinski definition) is 4. The van der Waals surface area contributed by atoms with E-state index >= 15 is 0 Å². The molecule has 1 aromatic heterocycles. The third-order valence-corrected chi connectivity index (χ3v) is 4.75. The molecule has 1 atom stereocenters. The minimum atomic E-state index is 0.171. The molecule has 0 aliphatic carbocycles. The van der Waals surface area contributed by atoms with Crippen molar-refractivity contribution in [2.24, 2.45) is 0 Å². The Morgan fingerprint density at radius 2 is 2.17 bits per heavy atom. The predicted octanol–water partition coefficient (Wildman–Crippen LogP) is 3.17. The highest BCUT2D eigenvalue weighted by Gasteiger charge is 2.21. The molecule has 1 saturated heterocycles. The standard InChI is InChI=1S/C18H22BrN3O2/c1-12-11-22(10-9-20-12)17(23)8-7-16-21-13(2)18(24-16)14-3-5-15(19)6-4-14/h3-6,12,20H,7-11H2,1-2H3. The van der Waals surface area contributed by atoms with Crippen LogP contribution >= 0.6 is 15.9 Å². The van der Waals surface area contributed by atoms with Gasteiger partial charge < -0.3 is 14.6 Å². The van der Waals surface area contributed by atoms with Crippen LogP contribution in [0, 0.1) is 6.92 Å². The molecule has 2 aromatic rings. The van der Waals surface area contributed by atoms with Gasteiger partial charge in [-0.25, -0.2) is 4.98 Å². The number of hydrogen-bond donors (Lipinski definition) is 1. The highest BCUT2D eigenvalue weighted by atomic mass is 79.9. The first-order chi connectivity index (χ1) is 11.5. The molecule has 6 heteroatoms. The lowest BCUT2D eigenvalue weighted by Gasteiger charge is -2.31. The number of oxazole rings is 1. The van der Waals surface area contributed by atoms with Crippen molar-refractivity contribution in [1.29, 1.82) is 0 Å². The number of aryl methyl sites for hydroxylation is 2. The normalized spacial score (nSPS) is 18.0. The molecule has 3 rings (SSSR count). The SMILES string of the molecule is Cc1nc(CCC(=O)N2CCNC(C)C2)oc1-c1ccc(Br)cc1. The molecule has 128 valence electrons. The van der Waals surface area contributed by atoms with Gasteiger partial charge in [-0.15, -0.1) is 0 Å². The number of piperazine rings is 1. The Bertz CT molecular complexity index is 712. The summed E-state index contributed by atoms with van der Waals surface area (Å²) in [6.07, 6.45) is 0.973. The third kappa shape index (κ3) is 4.05. The molecule has 5 nitrogen and oxygen atoms in total. The van der Waals surface area contributed by atoms with Gasteiger partial charge in [0.25, 0.3) is 0 Å². The van der Waals surface area contributed by atoms with Crippen LogP contribution in [-0.4, -0.2) is 41.5 Å². The van der Waals surface area contributed by atoms with Crippen LogP contribution in [-0.2, 0) is 11.2 Å². The van der Waals surface area contributed by atoms with E-state index in [0.717, 1.165) is 41.1 Å². The molecule has 0 saturated carbocycles. The van der Waals surface area contributed by atoms with Gasteiger partial charge in [0.2, 0.25) is 5.91 Å². The monoisotopic (exact) mass is 391 g/mol. The van der Waals surface area contributed by atoms with Gasteiger partial charge in [0, 0.05) is 48.6 Å². The van der Waals surface area contributed by atoms with Crippen LogP contribution in [0.25, 0.3) is 11.3 Å². The minimum Gasteiger partial charge on any atom is -0.440 e. The molecule has 1 aliphatic rings. The molecule has 0 bridgehead atoms. The Hall–Kier alpha value is -1.66. The lowest BCUT2D eigenvalue weighted by Crippen LogP contribution is -2.51. The van der Waals surface area contributed by atoms with Crippen LogP contribution in [0.2, 0.25) is 0 Å². The van der Waals surface area contributed by atoms with E-state index in [-0.39, 0.29) is 5.91 Å². The molecule has 2 heterocycles. The maximum Gasteiger partial charge on any atom is 0.223 e. The summed E-state index contributed by atoms with van der Waals surface area (Å²) < 4.78 is 6.92. The van der Waals surface area contributed by atoms with Crippen molar-refractivity contribution in [3.05, 3.63) is 40.3 Å². The number of nitrogens with zero attached hydrogens (tertiary/aromatic N) is 2. The second kappa shape index (κ2) is 7.49. The number of nitrogens with one attached hydrogen (secondary N) is 1. The van der Waals surface area contributed by atoms with Gasteiger partial charge in [-0.3, -0.25) is 4.79 Å². The zero-order valence-electron chi connectivity index (χ0n) is 14.0. The topological polar surface area (TPSA) is 58.4 Å². The van der Waals surface area contributed by atoms with E-state index in [2.05, 4.69) is 33.2 Å². The summed E-state index contributed by atoms with van der Waals surface area (Å²) >= 11 is 3.43. The molecule has 1 aromatic carbocycles. The second-order valence-electron chi connectivity index (χ2n) is 6.22. The van der Waals surface area contributed by atoms with E-state index in [4.69, 9.17) is 4.42 Å². The van der Waals surface area contributed by atoms with E-state index in [9.17, 15) is 4.79 Å². The molecular weight excluding hydrogens is 370 g/mol. The number of carbonyl (C=O) groups excluding carboxylic acids is 1. The molecule has 1 fully saturated rings. The summed E-state index contributed by atoms with van der Waals surface area (Å²) in [6, 6.07) is 8.30. The van der Waals surface area contributed by atoms with Crippen LogP contribution in [0.5, 0.6) is 0 Å². The van der Waals surface area contributed by atoms with Crippen LogP contribution in [0.15, 0.2) is 33.2 Å². The summed E-state index contributed by atoms with van der Waals surface area (Å²) in [5, 5.41) is 3.35. The van der Waals surface area contributed by atoms with E-state index in [1.165, 1.54) is 0 Å². The summed E-state index contributed by atoms with van der Waals surface area (Å²) in [5.74, 6) is 1.58. The van der Waals surface area contributed by atoms with Crippen molar-refractivity contribution >= 4 is 21.8 Å².